The molecule has 2 aliphatic rings. The lowest BCUT2D eigenvalue weighted by molar-refractivity contribution is 0.251. The Kier molecular flexibility index (Phi) is 4.81. The first-order valence-electron chi connectivity index (χ1n) is 8.76. The van der Waals surface area contributed by atoms with E-state index in [1.807, 2.05) is 12.1 Å². The minimum absolute atomic E-state index is 0.119. The van der Waals surface area contributed by atoms with Gasteiger partial charge in [0.15, 0.2) is 0 Å². The van der Waals surface area contributed by atoms with E-state index in [9.17, 15) is 8.42 Å². The van der Waals surface area contributed by atoms with Gasteiger partial charge in [0.1, 0.15) is 0 Å². The summed E-state index contributed by atoms with van der Waals surface area (Å²) in [5.41, 5.74) is 1.20. The third-order valence-electron chi connectivity index (χ3n) is 5.70. The van der Waals surface area contributed by atoms with Gasteiger partial charge in [-0.25, -0.2) is 8.42 Å². The normalized spacial score (nSPS) is 29.0. The van der Waals surface area contributed by atoms with Crippen LogP contribution in [0, 0.1) is 0 Å². The summed E-state index contributed by atoms with van der Waals surface area (Å²) in [5, 5.41) is 3.57. The summed E-state index contributed by atoms with van der Waals surface area (Å²) in [5.74, 6) is 0.463. The number of piperidine rings is 1. The predicted octanol–water partition coefficient (Wildman–Crippen LogP) is 3.10. The largest absolute Gasteiger partial charge is 0.311 e. The van der Waals surface area contributed by atoms with Gasteiger partial charge in [-0.15, -0.1) is 0 Å². The minimum Gasteiger partial charge on any atom is -0.311 e. The molecule has 2 bridgehead atoms. The predicted molar refractivity (Wildman–Crippen MR) is 93.1 cm³/mol. The molecule has 2 fully saturated rings. The van der Waals surface area contributed by atoms with Gasteiger partial charge in [-0.2, -0.15) is 4.31 Å². The Bertz CT molecular complexity index is 629. The Morgan fingerprint density at radius 2 is 1.74 bits per heavy atom. The zero-order valence-electron chi connectivity index (χ0n) is 14.3. The highest BCUT2D eigenvalue weighted by Gasteiger charge is 2.38. The van der Waals surface area contributed by atoms with Crippen LogP contribution in [0.25, 0.3) is 0 Å². The van der Waals surface area contributed by atoms with E-state index in [0.29, 0.717) is 22.9 Å². The highest BCUT2D eigenvalue weighted by Crippen LogP contribution is 2.32. The molecule has 3 rings (SSSR count). The van der Waals surface area contributed by atoms with E-state index < -0.39 is 10.0 Å². The summed E-state index contributed by atoms with van der Waals surface area (Å²) < 4.78 is 27.5. The second-order valence-corrected chi connectivity index (χ2v) is 9.16. The smallest absolute Gasteiger partial charge is 0.243 e. The Hall–Kier alpha value is -0.910. The van der Waals surface area contributed by atoms with Gasteiger partial charge in [-0.1, -0.05) is 26.0 Å². The van der Waals surface area contributed by atoms with Gasteiger partial charge in [0.25, 0.3) is 0 Å². The molecule has 23 heavy (non-hydrogen) atoms. The molecule has 1 aromatic carbocycles. The van der Waals surface area contributed by atoms with Crippen LogP contribution < -0.4 is 5.32 Å². The third-order valence-corrected chi connectivity index (χ3v) is 7.63. The number of rotatable bonds is 5. The first-order chi connectivity index (χ1) is 10.9. The Balaban J connectivity index is 1.77. The molecule has 1 aromatic rings. The van der Waals surface area contributed by atoms with E-state index in [1.54, 1.807) is 23.5 Å². The topological polar surface area (TPSA) is 49.4 Å². The summed E-state index contributed by atoms with van der Waals surface area (Å²) in [6.07, 6.45) is 5.27. The van der Waals surface area contributed by atoms with Crippen LogP contribution in [0.3, 0.4) is 0 Å². The standard InChI is InChI=1S/C18H28N2O2S/c1-4-13(2)14-5-9-18(10-6-14)23(21,22)20(3)17-11-15-7-8-16(12-17)19-15/h5-6,9-10,13,15-17,19H,4,7-8,11-12H2,1-3H3. The first-order valence-corrected chi connectivity index (χ1v) is 10.2. The van der Waals surface area contributed by atoms with E-state index in [1.165, 1.54) is 18.4 Å². The molecule has 5 heteroatoms. The zero-order valence-corrected chi connectivity index (χ0v) is 15.1. The van der Waals surface area contributed by atoms with Gasteiger partial charge < -0.3 is 5.32 Å². The first kappa shape index (κ1) is 16.9. The van der Waals surface area contributed by atoms with Gasteiger partial charge in [0.2, 0.25) is 10.0 Å². The van der Waals surface area contributed by atoms with E-state index in [0.717, 1.165) is 19.3 Å². The van der Waals surface area contributed by atoms with Crippen molar-refractivity contribution in [2.24, 2.45) is 0 Å². The molecule has 0 saturated carbocycles. The fourth-order valence-electron chi connectivity index (χ4n) is 3.89. The molecule has 1 N–H and O–H groups in total. The van der Waals surface area contributed by atoms with Crippen molar-refractivity contribution in [3.63, 3.8) is 0 Å². The van der Waals surface area contributed by atoms with Gasteiger partial charge in [0, 0.05) is 25.2 Å². The van der Waals surface area contributed by atoms with E-state index >= 15 is 0 Å². The highest BCUT2D eigenvalue weighted by atomic mass is 32.2. The van der Waals surface area contributed by atoms with Gasteiger partial charge in [0.05, 0.1) is 4.90 Å². The van der Waals surface area contributed by atoms with Crippen molar-refractivity contribution in [2.75, 3.05) is 7.05 Å². The molecule has 0 aromatic heterocycles. The lowest BCUT2D eigenvalue weighted by Gasteiger charge is -2.34. The van der Waals surface area contributed by atoms with Crippen LogP contribution in [-0.2, 0) is 10.0 Å². The van der Waals surface area contributed by atoms with E-state index in [4.69, 9.17) is 0 Å². The lowest BCUT2D eigenvalue weighted by atomic mass is 9.99. The maximum absolute atomic E-state index is 12.9. The monoisotopic (exact) mass is 336 g/mol. The lowest BCUT2D eigenvalue weighted by Crippen LogP contribution is -2.48. The molecule has 2 saturated heterocycles. The molecule has 2 heterocycles. The fourth-order valence-corrected chi connectivity index (χ4v) is 5.27. The number of fused-ring (bicyclic) bond motifs is 2. The van der Waals surface area contributed by atoms with Crippen LogP contribution in [0.1, 0.15) is 57.4 Å². The molecular formula is C18H28N2O2S. The summed E-state index contributed by atoms with van der Waals surface area (Å²) in [6, 6.07) is 8.55. The molecule has 2 aliphatic heterocycles. The average molecular weight is 337 g/mol. The van der Waals surface area contributed by atoms with Crippen molar-refractivity contribution >= 4 is 10.0 Å². The fraction of sp³-hybridized carbons (Fsp3) is 0.667. The van der Waals surface area contributed by atoms with Crippen LogP contribution in [-0.4, -0.2) is 37.9 Å². The molecule has 3 atom stereocenters. The van der Waals surface area contributed by atoms with E-state index in [2.05, 4.69) is 19.2 Å². The molecule has 3 unspecified atom stereocenters. The Morgan fingerprint density at radius 1 is 1.17 bits per heavy atom. The highest BCUT2D eigenvalue weighted by molar-refractivity contribution is 7.89. The van der Waals surface area contributed by atoms with Gasteiger partial charge in [-0.05, 0) is 55.7 Å². The molecule has 128 valence electrons. The summed E-state index contributed by atoms with van der Waals surface area (Å²) in [4.78, 5) is 0.415. The molecular weight excluding hydrogens is 308 g/mol. The Morgan fingerprint density at radius 3 is 2.26 bits per heavy atom. The van der Waals surface area contributed by atoms with Crippen molar-refractivity contribution in [1.82, 2.24) is 9.62 Å². The second kappa shape index (κ2) is 6.54. The van der Waals surface area contributed by atoms with Gasteiger partial charge in [-0.3, -0.25) is 0 Å². The second-order valence-electron chi connectivity index (χ2n) is 7.16. The maximum atomic E-state index is 12.9. The zero-order chi connectivity index (χ0) is 16.6. The number of nitrogens with zero attached hydrogens (tertiary/aromatic N) is 1. The number of sulfonamides is 1. The van der Waals surface area contributed by atoms with Crippen LogP contribution in [0.2, 0.25) is 0 Å². The average Bonchev–Trinajstić information content (AvgIpc) is 2.91. The van der Waals surface area contributed by atoms with Crippen LogP contribution >= 0.6 is 0 Å². The van der Waals surface area contributed by atoms with Crippen molar-refractivity contribution in [2.45, 2.75) is 74.9 Å². The van der Waals surface area contributed by atoms with Gasteiger partial charge >= 0.3 is 0 Å². The summed E-state index contributed by atoms with van der Waals surface area (Å²) >= 11 is 0. The SMILES string of the molecule is CCC(C)c1ccc(S(=O)(=O)N(C)C2CC3CCC(C2)N3)cc1. The van der Waals surface area contributed by atoms with Crippen molar-refractivity contribution in [1.29, 1.82) is 0 Å². The van der Waals surface area contributed by atoms with E-state index in [-0.39, 0.29) is 6.04 Å². The number of benzene rings is 1. The summed E-state index contributed by atoms with van der Waals surface area (Å²) in [7, 11) is -1.66. The quantitative estimate of drug-likeness (QED) is 0.899. The van der Waals surface area contributed by atoms with Crippen molar-refractivity contribution < 1.29 is 8.42 Å². The number of hydrogen-bond donors (Lipinski definition) is 1. The molecule has 0 aliphatic carbocycles. The minimum atomic E-state index is -3.40. The molecule has 0 spiro atoms. The van der Waals surface area contributed by atoms with Crippen molar-refractivity contribution in [3.8, 4) is 0 Å². The number of nitrogens with one attached hydrogen (secondary N) is 1. The number of hydrogen-bond acceptors (Lipinski definition) is 3. The molecule has 0 amide bonds. The maximum Gasteiger partial charge on any atom is 0.243 e. The van der Waals surface area contributed by atoms with Crippen LogP contribution in [0.5, 0.6) is 0 Å². The van der Waals surface area contributed by atoms with Crippen LogP contribution in [0.15, 0.2) is 29.2 Å². The van der Waals surface area contributed by atoms with Crippen molar-refractivity contribution in [3.05, 3.63) is 29.8 Å². The molecule has 4 nitrogen and oxygen atoms in total. The van der Waals surface area contributed by atoms with Crippen LogP contribution in [0.4, 0.5) is 0 Å². The molecule has 0 radical (unpaired) electrons. The Labute approximate surface area is 140 Å². The third kappa shape index (κ3) is 3.32. The summed E-state index contributed by atoms with van der Waals surface area (Å²) in [6.45, 7) is 4.31.